The summed E-state index contributed by atoms with van der Waals surface area (Å²) >= 11 is 0. The lowest BCUT2D eigenvalue weighted by Gasteiger charge is -2.25. The first-order valence-corrected chi connectivity index (χ1v) is 6.93. The van der Waals surface area contributed by atoms with Gasteiger partial charge in [-0.25, -0.2) is 0 Å². The molecule has 3 N–H and O–H groups in total. The molecule has 1 aliphatic carbocycles. The second-order valence-corrected chi connectivity index (χ2v) is 5.27. The predicted octanol–water partition coefficient (Wildman–Crippen LogP) is 1.68. The van der Waals surface area contributed by atoms with Crippen molar-refractivity contribution in [2.24, 2.45) is 5.92 Å². The minimum atomic E-state index is -0.200. The Kier molecular flexibility index (Phi) is 4.84. The maximum absolute atomic E-state index is 12.0. The van der Waals surface area contributed by atoms with E-state index >= 15 is 0 Å². The average molecular weight is 279 g/mol. The van der Waals surface area contributed by atoms with Crippen molar-refractivity contribution in [3.8, 4) is 11.5 Å². The second-order valence-electron chi connectivity index (χ2n) is 5.27. The van der Waals surface area contributed by atoms with Crippen molar-refractivity contribution in [1.29, 1.82) is 0 Å². The number of aliphatic hydroxyl groups is 1. The van der Waals surface area contributed by atoms with Crippen LogP contribution < -0.4 is 10.1 Å². The third kappa shape index (κ3) is 3.63. The van der Waals surface area contributed by atoms with E-state index in [0.717, 1.165) is 25.7 Å². The summed E-state index contributed by atoms with van der Waals surface area (Å²) in [5.41, 5.74) is 0.416. The quantitative estimate of drug-likeness (QED) is 0.783. The first-order valence-electron chi connectivity index (χ1n) is 6.93. The van der Waals surface area contributed by atoms with Crippen molar-refractivity contribution in [3.63, 3.8) is 0 Å². The molecule has 2 rings (SSSR count). The highest BCUT2D eigenvalue weighted by atomic mass is 16.5. The van der Waals surface area contributed by atoms with E-state index in [-0.39, 0.29) is 17.8 Å². The fraction of sp³-hybridized carbons (Fsp3) is 0.533. The van der Waals surface area contributed by atoms with Crippen LogP contribution in [0.2, 0.25) is 0 Å². The summed E-state index contributed by atoms with van der Waals surface area (Å²) in [6.45, 7) is 0.609. The maximum atomic E-state index is 12.0. The van der Waals surface area contributed by atoms with Crippen LogP contribution in [0.25, 0.3) is 0 Å². The van der Waals surface area contributed by atoms with Gasteiger partial charge in [-0.2, -0.15) is 0 Å². The number of rotatable bonds is 4. The number of aliphatic hydroxyl groups excluding tert-OH is 1. The number of aromatic hydroxyl groups is 1. The van der Waals surface area contributed by atoms with Gasteiger partial charge in [-0.15, -0.1) is 0 Å². The van der Waals surface area contributed by atoms with E-state index in [4.69, 9.17) is 4.74 Å². The van der Waals surface area contributed by atoms with E-state index in [9.17, 15) is 15.0 Å². The van der Waals surface area contributed by atoms with E-state index in [0.29, 0.717) is 23.8 Å². The highest BCUT2D eigenvalue weighted by molar-refractivity contribution is 5.94. The Morgan fingerprint density at radius 1 is 1.35 bits per heavy atom. The Labute approximate surface area is 118 Å². The molecular weight excluding hydrogens is 258 g/mol. The van der Waals surface area contributed by atoms with Crippen molar-refractivity contribution < 1.29 is 19.7 Å². The average Bonchev–Trinajstić information content (AvgIpc) is 2.46. The smallest absolute Gasteiger partial charge is 0.251 e. The largest absolute Gasteiger partial charge is 0.504 e. The Hall–Kier alpha value is -1.75. The Morgan fingerprint density at radius 2 is 2.05 bits per heavy atom. The zero-order valence-electron chi connectivity index (χ0n) is 11.6. The summed E-state index contributed by atoms with van der Waals surface area (Å²) in [6, 6.07) is 4.60. The van der Waals surface area contributed by atoms with Crippen LogP contribution in [-0.4, -0.2) is 35.9 Å². The molecule has 0 unspecified atom stereocenters. The second kappa shape index (κ2) is 6.61. The first kappa shape index (κ1) is 14.7. The number of benzene rings is 1. The summed E-state index contributed by atoms with van der Waals surface area (Å²) in [5, 5.41) is 22.0. The van der Waals surface area contributed by atoms with Crippen LogP contribution in [-0.2, 0) is 0 Å². The van der Waals surface area contributed by atoms with Crippen LogP contribution in [0.15, 0.2) is 18.2 Å². The lowest BCUT2D eigenvalue weighted by atomic mass is 9.87. The standard InChI is InChI=1S/C15H21NO4/c1-20-14-7-4-11(8-13(14)18)15(19)16-9-10-2-5-12(17)6-3-10/h4,7-8,10,12,17-18H,2-3,5-6,9H2,1H3,(H,16,19). The molecule has 1 amide bonds. The highest BCUT2D eigenvalue weighted by Gasteiger charge is 2.20. The van der Waals surface area contributed by atoms with Gasteiger partial charge in [-0.05, 0) is 49.8 Å². The Balaban J connectivity index is 1.87. The minimum Gasteiger partial charge on any atom is -0.504 e. The maximum Gasteiger partial charge on any atom is 0.251 e. The number of methoxy groups -OCH3 is 1. The van der Waals surface area contributed by atoms with Gasteiger partial charge in [0, 0.05) is 12.1 Å². The van der Waals surface area contributed by atoms with Gasteiger partial charge < -0.3 is 20.3 Å². The van der Waals surface area contributed by atoms with Gasteiger partial charge in [0.1, 0.15) is 0 Å². The molecule has 1 aromatic rings. The number of hydrogen-bond donors (Lipinski definition) is 3. The molecule has 0 radical (unpaired) electrons. The molecule has 0 bridgehead atoms. The van der Waals surface area contributed by atoms with Crippen LogP contribution in [0.1, 0.15) is 36.0 Å². The van der Waals surface area contributed by atoms with Crippen LogP contribution in [0, 0.1) is 5.92 Å². The van der Waals surface area contributed by atoms with Crippen molar-refractivity contribution in [2.75, 3.05) is 13.7 Å². The van der Waals surface area contributed by atoms with E-state index in [1.54, 1.807) is 12.1 Å². The zero-order valence-corrected chi connectivity index (χ0v) is 11.6. The summed E-state index contributed by atoms with van der Waals surface area (Å²) in [7, 11) is 1.46. The van der Waals surface area contributed by atoms with E-state index < -0.39 is 0 Å². The zero-order chi connectivity index (χ0) is 14.5. The number of hydrogen-bond acceptors (Lipinski definition) is 4. The van der Waals surface area contributed by atoms with Crippen LogP contribution in [0.4, 0.5) is 0 Å². The van der Waals surface area contributed by atoms with Crippen LogP contribution in [0.5, 0.6) is 11.5 Å². The fourth-order valence-corrected chi connectivity index (χ4v) is 2.52. The number of phenols is 1. The number of phenolic OH excluding ortho intramolecular Hbond substituents is 1. The topological polar surface area (TPSA) is 78.8 Å². The third-order valence-corrected chi connectivity index (χ3v) is 3.81. The molecular formula is C15H21NO4. The molecule has 5 nitrogen and oxygen atoms in total. The third-order valence-electron chi connectivity index (χ3n) is 3.81. The molecule has 0 aliphatic heterocycles. The van der Waals surface area contributed by atoms with E-state index in [1.807, 2.05) is 0 Å². The number of ether oxygens (including phenoxy) is 1. The van der Waals surface area contributed by atoms with Gasteiger partial charge in [0.05, 0.1) is 13.2 Å². The molecule has 0 aromatic heterocycles. The minimum absolute atomic E-state index is 0.0408. The van der Waals surface area contributed by atoms with Gasteiger partial charge in [0.15, 0.2) is 11.5 Å². The van der Waals surface area contributed by atoms with Crippen molar-refractivity contribution in [3.05, 3.63) is 23.8 Å². The molecule has 0 saturated heterocycles. The molecule has 5 heteroatoms. The molecule has 20 heavy (non-hydrogen) atoms. The normalized spacial score (nSPS) is 22.3. The number of carbonyl (C=O) groups excluding carboxylic acids is 1. The van der Waals surface area contributed by atoms with Gasteiger partial charge in [-0.3, -0.25) is 4.79 Å². The number of nitrogens with one attached hydrogen (secondary N) is 1. The first-order chi connectivity index (χ1) is 9.60. The number of amides is 1. The highest BCUT2D eigenvalue weighted by Crippen LogP contribution is 2.26. The lowest BCUT2D eigenvalue weighted by Crippen LogP contribution is -2.32. The van der Waals surface area contributed by atoms with Gasteiger partial charge >= 0.3 is 0 Å². The Morgan fingerprint density at radius 3 is 2.65 bits per heavy atom. The SMILES string of the molecule is COc1ccc(C(=O)NCC2CCC(O)CC2)cc1O. The van der Waals surface area contributed by atoms with E-state index in [2.05, 4.69) is 5.32 Å². The summed E-state index contributed by atoms with van der Waals surface area (Å²) in [5.74, 6) is 0.534. The predicted molar refractivity (Wildman–Crippen MR) is 75.0 cm³/mol. The summed E-state index contributed by atoms with van der Waals surface area (Å²) in [4.78, 5) is 12.0. The molecule has 0 heterocycles. The molecule has 1 saturated carbocycles. The molecule has 110 valence electrons. The van der Waals surface area contributed by atoms with Gasteiger partial charge in [-0.1, -0.05) is 0 Å². The molecule has 1 aliphatic rings. The van der Waals surface area contributed by atoms with Gasteiger partial charge in [0.2, 0.25) is 0 Å². The van der Waals surface area contributed by atoms with Crippen molar-refractivity contribution in [2.45, 2.75) is 31.8 Å². The molecule has 1 aromatic carbocycles. The lowest BCUT2D eigenvalue weighted by molar-refractivity contribution is 0.0910. The van der Waals surface area contributed by atoms with Crippen molar-refractivity contribution in [1.82, 2.24) is 5.32 Å². The molecule has 0 spiro atoms. The van der Waals surface area contributed by atoms with Crippen molar-refractivity contribution >= 4 is 5.91 Å². The summed E-state index contributed by atoms with van der Waals surface area (Å²) in [6.07, 6.45) is 3.32. The molecule has 0 atom stereocenters. The number of carbonyl (C=O) groups is 1. The molecule has 1 fully saturated rings. The van der Waals surface area contributed by atoms with Crippen LogP contribution >= 0.6 is 0 Å². The van der Waals surface area contributed by atoms with Gasteiger partial charge in [0.25, 0.3) is 5.91 Å². The Bertz CT molecular complexity index is 467. The summed E-state index contributed by atoms with van der Waals surface area (Å²) < 4.78 is 4.94. The monoisotopic (exact) mass is 279 g/mol. The fourth-order valence-electron chi connectivity index (χ4n) is 2.52. The van der Waals surface area contributed by atoms with Crippen LogP contribution in [0.3, 0.4) is 0 Å². The van der Waals surface area contributed by atoms with E-state index in [1.165, 1.54) is 13.2 Å².